The van der Waals surface area contributed by atoms with Crippen molar-refractivity contribution in [3.63, 3.8) is 0 Å². The SMILES string of the molecule is NCCCCNC(=O)Nc1ccc(Cl)c(Cl)c1. The number of halogens is 2. The summed E-state index contributed by atoms with van der Waals surface area (Å²) in [5.41, 5.74) is 5.95. The van der Waals surface area contributed by atoms with Gasteiger partial charge in [-0.2, -0.15) is 0 Å². The van der Waals surface area contributed by atoms with Crippen molar-refractivity contribution in [2.75, 3.05) is 18.4 Å². The highest BCUT2D eigenvalue weighted by Crippen LogP contribution is 2.24. The Morgan fingerprint density at radius 2 is 2.00 bits per heavy atom. The monoisotopic (exact) mass is 275 g/mol. The van der Waals surface area contributed by atoms with Crippen LogP contribution in [0.3, 0.4) is 0 Å². The summed E-state index contributed by atoms with van der Waals surface area (Å²) in [5.74, 6) is 0. The average Bonchev–Trinajstić information content (AvgIpc) is 2.30. The number of unbranched alkanes of at least 4 members (excludes halogenated alkanes) is 1. The van der Waals surface area contributed by atoms with Crippen LogP contribution in [-0.4, -0.2) is 19.1 Å². The van der Waals surface area contributed by atoms with Crippen molar-refractivity contribution >= 4 is 34.9 Å². The molecule has 0 heterocycles. The van der Waals surface area contributed by atoms with Crippen LogP contribution in [0.1, 0.15) is 12.8 Å². The zero-order valence-electron chi connectivity index (χ0n) is 9.30. The molecule has 1 rings (SSSR count). The van der Waals surface area contributed by atoms with Crippen LogP contribution < -0.4 is 16.4 Å². The molecule has 0 saturated heterocycles. The molecule has 0 aliphatic carbocycles. The van der Waals surface area contributed by atoms with E-state index in [1.165, 1.54) is 0 Å². The van der Waals surface area contributed by atoms with E-state index in [2.05, 4.69) is 10.6 Å². The predicted molar refractivity (Wildman–Crippen MR) is 71.8 cm³/mol. The third-order valence-electron chi connectivity index (χ3n) is 2.09. The molecule has 0 bridgehead atoms. The molecule has 6 heteroatoms. The Hall–Kier alpha value is -0.970. The first-order chi connectivity index (χ1) is 8.13. The van der Waals surface area contributed by atoms with Gasteiger partial charge in [0.2, 0.25) is 0 Å². The summed E-state index contributed by atoms with van der Waals surface area (Å²) in [6.07, 6.45) is 1.76. The maximum atomic E-state index is 11.4. The molecule has 4 nitrogen and oxygen atoms in total. The van der Waals surface area contributed by atoms with E-state index in [-0.39, 0.29) is 6.03 Å². The smallest absolute Gasteiger partial charge is 0.319 e. The van der Waals surface area contributed by atoms with Gasteiger partial charge in [0.1, 0.15) is 0 Å². The molecule has 0 spiro atoms. The van der Waals surface area contributed by atoms with Crippen LogP contribution in [0.4, 0.5) is 10.5 Å². The third-order valence-corrected chi connectivity index (χ3v) is 2.83. The lowest BCUT2D eigenvalue weighted by molar-refractivity contribution is 0.252. The topological polar surface area (TPSA) is 67.1 Å². The lowest BCUT2D eigenvalue weighted by Gasteiger charge is -2.08. The summed E-state index contributed by atoms with van der Waals surface area (Å²) in [5, 5.41) is 6.25. The van der Waals surface area contributed by atoms with E-state index in [0.29, 0.717) is 28.8 Å². The standard InChI is InChI=1S/C11H15Cl2N3O/c12-9-4-3-8(7-10(9)13)16-11(17)15-6-2-1-5-14/h3-4,7H,1-2,5-6,14H2,(H2,15,16,17). The van der Waals surface area contributed by atoms with Gasteiger partial charge in [0.05, 0.1) is 10.0 Å². The minimum absolute atomic E-state index is 0.264. The molecule has 0 saturated carbocycles. The molecular formula is C11H15Cl2N3O. The maximum Gasteiger partial charge on any atom is 0.319 e. The van der Waals surface area contributed by atoms with Crippen molar-refractivity contribution in [3.05, 3.63) is 28.2 Å². The fourth-order valence-corrected chi connectivity index (χ4v) is 1.52. The number of hydrogen-bond donors (Lipinski definition) is 3. The van der Waals surface area contributed by atoms with Crippen LogP contribution in [0.5, 0.6) is 0 Å². The zero-order chi connectivity index (χ0) is 12.7. The van der Waals surface area contributed by atoms with Crippen molar-refractivity contribution in [1.82, 2.24) is 5.32 Å². The lowest BCUT2D eigenvalue weighted by atomic mass is 10.3. The normalized spacial score (nSPS) is 10.1. The summed E-state index contributed by atoms with van der Waals surface area (Å²) in [6, 6.07) is 4.66. The summed E-state index contributed by atoms with van der Waals surface area (Å²) in [7, 11) is 0. The van der Waals surface area contributed by atoms with Gasteiger partial charge in [-0.3, -0.25) is 0 Å². The summed E-state index contributed by atoms with van der Waals surface area (Å²) >= 11 is 11.6. The molecule has 0 aliphatic heterocycles. The van der Waals surface area contributed by atoms with E-state index in [1.54, 1.807) is 18.2 Å². The zero-order valence-corrected chi connectivity index (χ0v) is 10.8. The van der Waals surface area contributed by atoms with E-state index >= 15 is 0 Å². The number of nitrogens with two attached hydrogens (primary N) is 1. The van der Waals surface area contributed by atoms with E-state index in [1.807, 2.05) is 0 Å². The molecule has 0 fully saturated rings. The van der Waals surface area contributed by atoms with Gasteiger partial charge in [-0.05, 0) is 37.6 Å². The van der Waals surface area contributed by atoms with Gasteiger partial charge >= 0.3 is 6.03 Å². The molecule has 1 aromatic rings. The van der Waals surface area contributed by atoms with Crippen molar-refractivity contribution in [2.24, 2.45) is 5.73 Å². The molecule has 94 valence electrons. The van der Waals surface area contributed by atoms with E-state index in [4.69, 9.17) is 28.9 Å². The van der Waals surface area contributed by atoms with Crippen molar-refractivity contribution in [1.29, 1.82) is 0 Å². The highest BCUT2D eigenvalue weighted by Gasteiger charge is 2.03. The van der Waals surface area contributed by atoms with Crippen LogP contribution in [0, 0.1) is 0 Å². The number of benzene rings is 1. The Kier molecular flexibility index (Phi) is 6.11. The number of hydrogen-bond acceptors (Lipinski definition) is 2. The van der Waals surface area contributed by atoms with Crippen LogP contribution in [0.25, 0.3) is 0 Å². The number of carbonyl (C=O) groups is 1. The van der Waals surface area contributed by atoms with Crippen LogP contribution in [-0.2, 0) is 0 Å². The van der Waals surface area contributed by atoms with Gasteiger partial charge in [0, 0.05) is 12.2 Å². The molecule has 17 heavy (non-hydrogen) atoms. The molecule has 4 N–H and O–H groups in total. The van der Waals surface area contributed by atoms with Gasteiger partial charge in [-0.25, -0.2) is 4.79 Å². The maximum absolute atomic E-state index is 11.4. The van der Waals surface area contributed by atoms with Gasteiger partial charge in [-0.1, -0.05) is 23.2 Å². The average molecular weight is 276 g/mol. The van der Waals surface area contributed by atoms with E-state index in [9.17, 15) is 4.79 Å². The van der Waals surface area contributed by atoms with E-state index < -0.39 is 0 Å². The molecule has 0 radical (unpaired) electrons. The fourth-order valence-electron chi connectivity index (χ4n) is 1.22. The summed E-state index contributed by atoms with van der Waals surface area (Å²) in [6.45, 7) is 1.24. The van der Waals surface area contributed by atoms with Gasteiger partial charge < -0.3 is 16.4 Å². The van der Waals surface area contributed by atoms with Crippen LogP contribution in [0.2, 0.25) is 10.0 Å². The molecule has 0 unspecified atom stereocenters. The lowest BCUT2D eigenvalue weighted by Crippen LogP contribution is -2.29. The number of urea groups is 1. The van der Waals surface area contributed by atoms with Gasteiger partial charge in [-0.15, -0.1) is 0 Å². The van der Waals surface area contributed by atoms with Crippen molar-refractivity contribution in [3.8, 4) is 0 Å². The highest BCUT2D eigenvalue weighted by atomic mass is 35.5. The molecule has 0 aromatic heterocycles. The Bertz CT molecular complexity index is 385. The Labute approximate surface area is 110 Å². The van der Waals surface area contributed by atoms with Crippen molar-refractivity contribution in [2.45, 2.75) is 12.8 Å². The minimum Gasteiger partial charge on any atom is -0.338 e. The summed E-state index contributed by atoms with van der Waals surface area (Å²) in [4.78, 5) is 11.4. The first-order valence-corrected chi connectivity index (χ1v) is 6.09. The number of anilines is 1. The second kappa shape index (κ2) is 7.37. The summed E-state index contributed by atoms with van der Waals surface area (Å²) < 4.78 is 0. The number of nitrogens with one attached hydrogen (secondary N) is 2. The molecule has 0 aliphatic rings. The third kappa shape index (κ3) is 5.26. The van der Waals surface area contributed by atoms with Crippen LogP contribution >= 0.6 is 23.2 Å². The Morgan fingerprint density at radius 1 is 1.24 bits per heavy atom. The molecular weight excluding hydrogens is 261 g/mol. The van der Waals surface area contributed by atoms with Crippen LogP contribution in [0.15, 0.2) is 18.2 Å². The number of rotatable bonds is 5. The molecule has 1 aromatic carbocycles. The first-order valence-electron chi connectivity index (χ1n) is 5.33. The van der Waals surface area contributed by atoms with Gasteiger partial charge in [0.15, 0.2) is 0 Å². The minimum atomic E-state index is -0.264. The molecule has 0 atom stereocenters. The number of carbonyl (C=O) groups excluding carboxylic acids is 1. The second-order valence-electron chi connectivity index (χ2n) is 3.51. The fraction of sp³-hybridized carbons (Fsp3) is 0.364. The quantitative estimate of drug-likeness (QED) is 0.724. The number of amides is 2. The van der Waals surface area contributed by atoms with Crippen molar-refractivity contribution < 1.29 is 4.79 Å². The Morgan fingerprint density at radius 3 is 2.65 bits per heavy atom. The largest absolute Gasteiger partial charge is 0.338 e. The predicted octanol–water partition coefficient (Wildman–Crippen LogP) is 2.85. The second-order valence-corrected chi connectivity index (χ2v) is 4.32. The first kappa shape index (κ1) is 14.1. The Balaban J connectivity index is 2.37. The highest BCUT2D eigenvalue weighted by molar-refractivity contribution is 6.42. The van der Waals surface area contributed by atoms with E-state index in [0.717, 1.165) is 12.8 Å². The molecule has 2 amide bonds. The van der Waals surface area contributed by atoms with Gasteiger partial charge in [0.25, 0.3) is 0 Å².